The summed E-state index contributed by atoms with van der Waals surface area (Å²) in [4.78, 5) is 38.0. The quantitative estimate of drug-likeness (QED) is 0.0261. The van der Waals surface area contributed by atoms with Crippen molar-refractivity contribution < 1.29 is 28.6 Å². The Morgan fingerprint density at radius 1 is 0.274 bits per heavy atom. The maximum absolute atomic E-state index is 12.8. The van der Waals surface area contributed by atoms with Gasteiger partial charge in [0.15, 0.2) is 6.10 Å². The van der Waals surface area contributed by atoms with E-state index in [1.165, 1.54) is 212 Å². The molecule has 0 rings (SSSR count). The molecule has 0 aliphatic heterocycles. The molecule has 73 heavy (non-hydrogen) atoms. The molecule has 0 aliphatic carbocycles. The van der Waals surface area contributed by atoms with E-state index in [4.69, 9.17) is 14.2 Å². The number of carbonyl (C=O) groups is 3. The molecule has 0 bridgehead atoms. The van der Waals surface area contributed by atoms with E-state index in [0.29, 0.717) is 19.3 Å². The summed E-state index contributed by atoms with van der Waals surface area (Å²) in [6.45, 7) is 6.58. The number of ether oxygens (including phenoxy) is 3. The van der Waals surface area contributed by atoms with Gasteiger partial charge in [-0.15, -0.1) is 0 Å². The summed E-state index contributed by atoms with van der Waals surface area (Å²) in [6, 6.07) is 0. The zero-order valence-corrected chi connectivity index (χ0v) is 48.9. The van der Waals surface area contributed by atoms with Crippen LogP contribution in [0.4, 0.5) is 0 Å². The Labute approximate surface area is 454 Å². The van der Waals surface area contributed by atoms with Crippen molar-refractivity contribution in [1.29, 1.82) is 0 Å². The fraction of sp³-hybridized carbons (Fsp3) is 0.836. The highest BCUT2D eigenvalue weighted by Gasteiger charge is 2.19. The predicted molar refractivity (Wildman–Crippen MR) is 316 cm³/mol. The van der Waals surface area contributed by atoms with Gasteiger partial charge in [-0.2, -0.15) is 0 Å². The van der Waals surface area contributed by atoms with Gasteiger partial charge in [0.1, 0.15) is 13.2 Å². The van der Waals surface area contributed by atoms with Gasteiger partial charge in [0, 0.05) is 19.3 Å². The van der Waals surface area contributed by atoms with E-state index in [9.17, 15) is 14.4 Å². The van der Waals surface area contributed by atoms with E-state index in [1.807, 2.05) is 0 Å². The molecule has 1 atom stereocenters. The van der Waals surface area contributed by atoms with Crippen LogP contribution in [0.25, 0.3) is 0 Å². The van der Waals surface area contributed by atoms with Gasteiger partial charge in [-0.05, 0) is 83.5 Å². The second kappa shape index (κ2) is 61.9. The predicted octanol–water partition coefficient (Wildman–Crippen LogP) is 21.8. The standard InChI is InChI=1S/C67H122O6/c1-4-7-10-13-16-18-20-22-24-25-26-27-28-29-30-31-32-33-34-35-36-37-38-39-40-41-43-44-46-48-51-54-57-60-66(69)72-63-64(62-71-65(68)59-56-53-50-15-12-9-6-3)73-67(70)61-58-55-52-49-47-45-42-23-21-19-17-14-11-8-5-2/h17,19-20,22-23,25-26,42,64H,4-16,18,21,24,27-41,43-63H2,1-3H3/b19-17-,22-20-,26-25-,42-23-. The Morgan fingerprint density at radius 3 is 0.781 bits per heavy atom. The first-order valence-electron chi connectivity index (χ1n) is 32.1. The minimum Gasteiger partial charge on any atom is -0.462 e. The average molecular weight is 1020 g/mol. The Bertz CT molecular complexity index is 1270. The van der Waals surface area contributed by atoms with Gasteiger partial charge in [-0.3, -0.25) is 14.4 Å². The van der Waals surface area contributed by atoms with Crippen molar-refractivity contribution in [3.05, 3.63) is 48.6 Å². The van der Waals surface area contributed by atoms with Gasteiger partial charge in [0.25, 0.3) is 0 Å². The van der Waals surface area contributed by atoms with Crippen LogP contribution in [0, 0.1) is 0 Å². The minimum atomic E-state index is -0.775. The number of carbonyl (C=O) groups excluding carboxylic acids is 3. The zero-order chi connectivity index (χ0) is 52.9. The first-order valence-corrected chi connectivity index (χ1v) is 32.1. The molecule has 0 saturated carbocycles. The fourth-order valence-corrected chi connectivity index (χ4v) is 9.45. The Hall–Kier alpha value is -2.63. The van der Waals surface area contributed by atoms with Crippen LogP contribution in [0.5, 0.6) is 0 Å². The van der Waals surface area contributed by atoms with E-state index in [2.05, 4.69) is 69.4 Å². The van der Waals surface area contributed by atoms with Crippen LogP contribution in [0.15, 0.2) is 48.6 Å². The van der Waals surface area contributed by atoms with E-state index < -0.39 is 6.10 Å². The summed E-state index contributed by atoms with van der Waals surface area (Å²) in [5.41, 5.74) is 0. The van der Waals surface area contributed by atoms with Crippen molar-refractivity contribution in [1.82, 2.24) is 0 Å². The molecule has 0 aromatic heterocycles. The van der Waals surface area contributed by atoms with Gasteiger partial charge >= 0.3 is 17.9 Å². The van der Waals surface area contributed by atoms with Gasteiger partial charge in [-0.25, -0.2) is 0 Å². The number of hydrogen-bond acceptors (Lipinski definition) is 6. The van der Waals surface area contributed by atoms with Crippen LogP contribution < -0.4 is 0 Å². The molecule has 6 nitrogen and oxygen atoms in total. The number of esters is 3. The zero-order valence-electron chi connectivity index (χ0n) is 48.9. The largest absolute Gasteiger partial charge is 0.462 e. The van der Waals surface area contributed by atoms with E-state index in [-0.39, 0.29) is 31.1 Å². The molecule has 0 amide bonds. The van der Waals surface area contributed by atoms with Crippen LogP contribution in [0.3, 0.4) is 0 Å². The lowest BCUT2D eigenvalue weighted by Crippen LogP contribution is -2.30. The summed E-state index contributed by atoms with van der Waals surface area (Å²) in [5, 5.41) is 0. The molecule has 6 heteroatoms. The lowest BCUT2D eigenvalue weighted by Gasteiger charge is -2.18. The first-order chi connectivity index (χ1) is 36.0. The van der Waals surface area contributed by atoms with Crippen molar-refractivity contribution in [2.75, 3.05) is 13.2 Å². The maximum Gasteiger partial charge on any atom is 0.306 e. The molecular weight excluding hydrogens is 901 g/mol. The highest BCUT2D eigenvalue weighted by atomic mass is 16.6. The molecule has 426 valence electrons. The van der Waals surface area contributed by atoms with Crippen LogP contribution >= 0.6 is 0 Å². The molecule has 0 saturated heterocycles. The third kappa shape index (κ3) is 60.1. The first kappa shape index (κ1) is 70.4. The maximum atomic E-state index is 12.8. The summed E-state index contributed by atoms with van der Waals surface area (Å²) < 4.78 is 16.8. The Balaban J connectivity index is 3.96. The number of hydrogen-bond donors (Lipinski definition) is 0. The van der Waals surface area contributed by atoms with Gasteiger partial charge in [0.2, 0.25) is 0 Å². The highest BCUT2D eigenvalue weighted by molar-refractivity contribution is 5.71. The molecule has 0 aromatic rings. The molecule has 0 N–H and O–H groups in total. The van der Waals surface area contributed by atoms with Crippen molar-refractivity contribution in [2.24, 2.45) is 0 Å². The number of allylic oxidation sites excluding steroid dienone is 8. The van der Waals surface area contributed by atoms with Gasteiger partial charge in [-0.1, -0.05) is 288 Å². The Kier molecular flexibility index (Phi) is 59.7. The summed E-state index contributed by atoms with van der Waals surface area (Å²) in [5.74, 6) is -0.879. The fourth-order valence-electron chi connectivity index (χ4n) is 9.45. The van der Waals surface area contributed by atoms with Crippen molar-refractivity contribution in [3.8, 4) is 0 Å². The van der Waals surface area contributed by atoms with E-state index in [1.54, 1.807) is 0 Å². The van der Waals surface area contributed by atoms with Crippen molar-refractivity contribution in [3.63, 3.8) is 0 Å². The second-order valence-electron chi connectivity index (χ2n) is 21.7. The van der Waals surface area contributed by atoms with E-state index >= 15 is 0 Å². The third-order valence-corrected chi connectivity index (χ3v) is 14.3. The molecular formula is C67H122O6. The van der Waals surface area contributed by atoms with Crippen molar-refractivity contribution in [2.45, 2.75) is 348 Å². The molecule has 0 aromatic carbocycles. The van der Waals surface area contributed by atoms with Crippen LogP contribution in [0.2, 0.25) is 0 Å². The van der Waals surface area contributed by atoms with E-state index in [0.717, 1.165) is 89.9 Å². The molecule has 1 unspecified atom stereocenters. The number of unbranched alkanes of at least 4 members (excludes halogenated alkanes) is 40. The van der Waals surface area contributed by atoms with Gasteiger partial charge < -0.3 is 14.2 Å². The van der Waals surface area contributed by atoms with Crippen LogP contribution in [-0.4, -0.2) is 37.2 Å². The Morgan fingerprint density at radius 2 is 0.493 bits per heavy atom. The monoisotopic (exact) mass is 1020 g/mol. The normalized spacial score (nSPS) is 12.3. The molecule has 0 radical (unpaired) electrons. The topological polar surface area (TPSA) is 78.9 Å². The highest BCUT2D eigenvalue weighted by Crippen LogP contribution is 2.17. The SMILES string of the molecule is CCCCC/C=C\C/C=C\CCCCCCCC(=O)OC(COC(=O)CCCCCCCCC)COC(=O)CCCCCCCCCCCCCCCCCCCCCCC/C=C\C/C=C\CCCCCCC. The van der Waals surface area contributed by atoms with Crippen LogP contribution in [0.1, 0.15) is 342 Å². The lowest BCUT2D eigenvalue weighted by atomic mass is 10.0. The molecule has 0 aliphatic rings. The summed E-state index contributed by atoms with van der Waals surface area (Å²) in [6.07, 6.45) is 77.4. The number of rotatable bonds is 59. The molecule has 0 spiro atoms. The summed E-state index contributed by atoms with van der Waals surface area (Å²) >= 11 is 0. The molecule has 0 fully saturated rings. The van der Waals surface area contributed by atoms with Crippen LogP contribution in [-0.2, 0) is 28.6 Å². The van der Waals surface area contributed by atoms with Crippen molar-refractivity contribution >= 4 is 17.9 Å². The average Bonchev–Trinajstić information content (AvgIpc) is 3.39. The third-order valence-electron chi connectivity index (χ3n) is 14.3. The second-order valence-corrected chi connectivity index (χ2v) is 21.7. The van der Waals surface area contributed by atoms with Gasteiger partial charge in [0.05, 0.1) is 0 Å². The molecule has 0 heterocycles. The lowest BCUT2D eigenvalue weighted by molar-refractivity contribution is -0.167. The minimum absolute atomic E-state index is 0.0747. The smallest absolute Gasteiger partial charge is 0.306 e. The summed E-state index contributed by atoms with van der Waals surface area (Å²) in [7, 11) is 0.